The van der Waals surface area contributed by atoms with Crippen LogP contribution in [0.3, 0.4) is 0 Å². The molecule has 1 saturated heterocycles. The van der Waals surface area contributed by atoms with Crippen LogP contribution in [0.4, 0.5) is 18.9 Å². The Morgan fingerprint density at radius 3 is 2.68 bits per heavy atom. The van der Waals surface area contributed by atoms with Gasteiger partial charge in [0.05, 0.1) is 6.04 Å². The van der Waals surface area contributed by atoms with Gasteiger partial charge < -0.3 is 10.2 Å². The van der Waals surface area contributed by atoms with Crippen LogP contribution >= 0.6 is 0 Å². The molecule has 0 aliphatic carbocycles. The summed E-state index contributed by atoms with van der Waals surface area (Å²) >= 11 is 0. The van der Waals surface area contributed by atoms with E-state index in [0.29, 0.717) is 6.54 Å². The molecular formula is C13H15F3N2O. The minimum atomic E-state index is -1.04. The van der Waals surface area contributed by atoms with Crippen molar-refractivity contribution in [2.24, 2.45) is 0 Å². The number of benzene rings is 1. The highest BCUT2D eigenvalue weighted by Crippen LogP contribution is 2.21. The maximum absolute atomic E-state index is 13.2. The molecule has 104 valence electrons. The third-order valence-corrected chi connectivity index (χ3v) is 3.17. The molecule has 1 aliphatic heterocycles. The molecule has 2 unspecified atom stereocenters. The van der Waals surface area contributed by atoms with Crippen molar-refractivity contribution in [2.75, 3.05) is 18.0 Å². The number of carbonyl (C=O) groups excluding carboxylic acids is 1. The molecule has 3 nitrogen and oxygen atoms in total. The van der Waals surface area contributed by atoms with E-state index in [-0.39, 0.29) is 24.6 Å². The SMILES string of the molecule is CCN(C(=O)C1CC(F)CN1)c1ccc(F)c(F)c1. The Morgan fingerprint density at radius 1 is 1.42 bits per heavy atom. The zero-order chi connectivity index (χ0) is 14.0. The molecule has 0 bridgehead atoms. The lowest BCUT2D eigenvalue weighted by molar-refractivity contribution is -0.120. The number of likely N-dealkylation sites (N-methyl/N-ethyl adjacent to an activating group) is 1. The highest BCUT2D eigenvalue weighted by atomic mass is 19.2. The van der Waals surface area contributed by atoms with Gasteiger partial charge in [-0.3, -0.25) is 4.79 Å². The number of hydrogen-bond donors (Lipinski definition) is 1. The molecular weight excluding hydrogens is 257 g/mol. The summed E-state index contributed by atoms with van der Waals surface area (Å²) in [5.74, 6) is -2.30. The number of halogens is 3. The quantitative estimate of drug-likeness (QED) is 0.913. The Bertz CT molecular complexity index is 481. The van der Waals surface area contributed by atoms with Crippen LogP contribution in [0.5, 0.6) is 0 Å². The molecule has 1 fully saturated rings. The average molecular weight is 272 g/mol. The van der Waals surface area contributed by atoms with Crippen LogP contribution in [0, 0.1) is 11.6 Å². The van der Waals surface area contributed by atoms with E-state index in [2.05, 4.69) is 5.32 Å². The molecule has 19 heavy (non-hydrogen) atoms. The number of rotatable bonds is 3. The summed E-state index contributed by atoms with van der Waals surface area (Å²) in [4.78, 5) is 13.5. The Labute approximate surface area is 109 Å². The summed E-state index contributed by atoms with van der Waals surface area (Å²) in [6.07, 6.45) is -0.934. The fraction of sp³-hybridized carbons (Fsp3) is 0.462. The van der Waals surface area contributed by atoms with E-state index < -0.39 is 23.8 Å². The van der Waals surface area contributed by atoms with Gasteiger partial charge in [0, 0.05) is 31.3 Å². The smallest absolute Gasteiger partial charge is 0.244 e. The molecule has 2 atom stereocenters. The minimum absolute atomic E-state index is 0.110. The normalized spacial score (nSPS) is 22.5. The topological polar surface area (TPSA) is 32.3 Å². The van der Waals surface area contributed by atoms with Gasteiger partial charge in [0.15, 0.2) is 11.6 Å². The number of alkyl halides is 1. The van der Waals surface area contributed by atoms with Crippen molar-refractivity contribution in [3.05, 3.63) is 29.8 Å². The Morgan fingerprint density at radius 2 is 2.16 bits per heavy atom. The van der Waals surface area contributed by atoms with Crippen molar-refractivity contribution in [3.8, 4) is 0 Å². The van der Waals surface area contributed by atoms with E-state index in [1.165, 1.54) is 11.0 Å². The molecule has 1 amide bonds. The molecule has 1 aromatic carbocycles. The van der Waals surface area contributed by atoms with Crippen molar-refractivity contribution >= 4 is 11.6 Å². The van der Waals surface area contributed by atoms with Crippen LogP contribution < -0.4 is 10.2 Å². The highest BCUT2D eigenvalue weighted by Gasteiger charge is 2.32. The van der Waals surface area contributed by atoms with Crippen molar-refractivity contribution in [3.63, 3.8) is 0 Å². The van der Waals surface area contributed by atoms with Crippen molar-refractivity contribution < 1.29 is 18.0 Å². The van der Waals surface area contributed by atoms with Crippen LogP contribution in [0.2, 0.25) is 0 Å². The molecule has 0 saturated carbocycles. The van der Waals surface area contributed by atoms with E-state index >= 15 is 0 Å². The van der Waals surface area contributed by atoms with E-state index in [0.717, 1.165) is 12.1 Å². The largest absolute Gasteiger partial charge is 0.311 e. The number of amides is 1. The molecule has 6 heteroatoms. The van der Waals surface area contributed by atoms with Gasteiger partial charge in [0.2, 0.25) is 5.91 Å². The molecule has 0 spiro atoms. The van der Waals surface area contributed by atoms with E-state index in [1.807, 2.05) is 0 Å². The first-order valence-corrected chi connectivity index (χ1v) is 6.16. The Hall–Kier alpha value is -1.56. The van der Waals surface area contributed by atoms with Gasteiger partial charge in [0.25, 0.3) is 0 Å². The van der Waals surface area contributed by atoms with Gasteiger partial charge in [-0.25, -0.2) is 13.2 Å². The lowest BCUT2D eigenvalue weighted by atomic mass is 10.1. The van der Waals surface area contributed by atoms with Crippen molar-refractivity contribution in [2.45, 2.75) is 25.6 Å². The molecule has 1 aromatic rings. The van der Waals surface area contributed by atoms with Crippen molar-refractivity contribution in [1.82, 2.24) is 5.32 Å². The number of hydrogen-bond acceptors (Lipinski definition) is 2. The third kappa shape index (κ3) is 2.89. The fourth-order valence-electron chi connectivity index (χ4n) is 2.19. The summed E-state index contributed by atoms with van der Waals surface area (Å²) in [5.41, 5.74) is 0.274. The standard InChI is InChI=1S/C13H15F3N2O/c1-2-18(9-3-4-10(15)11(16)6-9)13(19)12-5-8(14)7-17-12/h3-4,6,8,12,17H,2,5,7H2,1H3. The van der Waals surface area contributed by atoms with Crippen LogP contribution in [-0.2, 0) is 4.79 Å². The van der Waals surface area contributed by atoms with Gasteiger partial charge in [-0.15, -0.1) is 0 Å². The molecule has 0 radical (unpaired) electrons. The second-order valence-corrected chi connectivity index (χ2v) is 4.47. The Kier molecular flexibility index (Phi) is 4.09. The zero-order valence-electron chi connectivity index (χ0n) is 10.5. The maximum atomic E-state index is 13.2. The first-order chi connectivity index (χ1) is 9.02. The highest BCUT2D eigenvalue weighted by molar-refractivity contribution is 5.97. The first kappa shape index (κ1) is 13.9. The van der Waals surface area contributed by atoms with Gasteiger partial charge in [-0.1, -0.05) is 0 Å². The monoisotopic (exact) mass is 272 g/mol. The zero-order valence-corrected chi connectivity index (χ0v) is 10.5. The number of anilines is 1. The van der Waals surface area contributed by atoms with E-state index in [1.54, 1.807) is 6.92 Å². The molecule has 1 N–H and O–H groups in total. The van der Waals surface area contributed by atoms with Crippen molar-refractivity contribution in [1.29, 1.82) is 0 Å². The van der Waals surface area contributed by atoms with Gasteiger partial charge in [-0.2, -0.15) is 0 Å². The molecule has 1 heterocycles. The summed E-state index contributed by atoms with van der Waals surface area (Å²) in [6, 6.07) is 2.67. The first-order valence-electron chi connectivity index (χ1n) is 6.16. The second kappa shape index (κ2) is 5.61. The molecule has 1 aliphatic rings. The number of nitrogens with zero attached hydrogens (tertiary/aromatic N) is 1. The summed E-state index contributed by atoms with van der Waals surface area (Å²) < 4.78 is 39.1. The summed E-state index contributed by atoms with van der Waals surface area (Å²) in [7, 11) is 0. The minimum Gasteiger partial charge on any atom is -0.311 e. The second-order valence-electron chi connectivity index (χ2n) is 4.47. The lowest BCUT2D eigenvalue weighted by Crippen LogP contribution is -2.43. The lowest BCUT2D eigenvalue weighted by Gasteiger charge is -2.24. The molecule has 2 rings (SSSR count). The predicted octanol–water partition coefficient (Wildman–Crippen LogP) is 2.02. The maximum Gasteiger partial charge on any atom is 0.244 e. The number of carbonyl (C=O) groups is 1. The van der Waals surface area contributed by atoms with Crippen LogP contribution in [0.15, 0.2) is 18.2 Å². The predicted molar refractivity (Wildman–Crippen MR) is 65.7 cm³/mol. The average Bonchev–Trinajstić information content (AvgIpc) is 2.81. The van der Waals surface area contributed by atoms with E-state index in [9.17, 15) is 18.0 Å². The van der Waals surface area contributed by atoms with Gasteiger partial charge in [0.1, 0.15) is 6.17 Å². The summed E-state index contributed by atoms with van der Waals surface area (Å²) in [6.45, 7) is 2.17. The Balaban J connectivity index is 2.19. The van der Waals surface area contributed by atoms with Gasteiger partial charge >= 0.3 is 0 Å². The van der Waals surface area contributed by atoms with Gasteiger partial charge in [-0.05, 0) is 19.1 Å². The third-order valence-electron chi connectivity index (χ3n) is 3.17. The van der Waals surface area contributed by atoms with Crippen LogP contribution in [0.25, 0.3) is 0 Å². The number of nitrogens with one attached hydrogen (secondary N) is 1. The van der Waals surface area contributed by atoms with Crippen LogP contribution in [-0.4, -0.2) is 31.2 Å². The fourth-order valence-corrected chi connectivity index (χ4v) is 2.19. The summed E-state index contributed by atoms with van der Waals surface area (Å²) in [5, 5.41) is 2.78. The molecule has 0 aromatic heterocycles. The van der Waals surface area contributed by atoms with Crippen LogP contribution in [0.1, 0.15) is 13.3 Å². The van der Waals surface area contributed by atoms with E-state index in [4.69, 9.17) is 0 Å².